The molecule has 1 aromatic carbocycles. The van der Waals surface area contributed by atoms with E-state index >= 15 is 0 Å². The molecule has 1 unspecified atom stereocenters. The molecule has 0 fully saturated rings. The summed E-state index contributed by atoms with van der Waals surface area (Å²) >= 11 is 0. The number of benzene rings is 1. The summed E-state index contributed by atoms with van der Waals surface area (Å²) in [5, 5.41) is 11.4. The Hall–Kier alpha value is -1.88. The first-order valence-electron chi connectivity index (χ1n) is 5.83. The molecule has 0 aromatic heterocycles. The summed E-state index contributed by atoms with van der Waals surface area (Å²) in [4.78, 5) is 22.1. The maximum absolute atomic E-state index is 11.6. The second kappa shape index (κ2) is 6.76. The van der Waals surface area contributed by atoms with Crippen LogP contribution in [0.5, 0.6) is 0 Å². The summed E-state index contributed by atoms with van der Waals surface area (Å²) < 4.78 is 0. The van der Waals surface area contributed by atoms with E-state index in [4.69, 9.17) is 10.8 Å². The molecule has 0 aliphatic rings. The first-order chi connectivity index (χ1) is 8.47. The number of carbonyl (C=O) groups excluding carboxylic acids is 1. The number of anilines is 1. The van der Waals surface area contributed by atoms with E-state index in [1.807, 2.05) is 6.92 Å². The lowest BCUT2D eigenvalue weighted by atomic mass is 10.1. The molecule has 0 aliphatic heterocycles. The van der Waals surface area contributed by atoms with Crippen molar-refractivity contribution in [2.75, 3.05) is 5.32 Å². The standard InChI is InChI=1S/C13H18N2O3/c1-9(14)5-6-12(16)15-11-4-2-3-10(7-11)8-13(17)18/h2-4,7,9H,5-6,8,14H2,1H3,(H,15,16)(H,17,18). The molecule has 4 N–H and O–H groups in total. The third-order valence-corrected chi connectivity index (χ3v) is 2.39. The number of carboxylic acids is 1. The Labute approximate surface area is 106 Å². The number of hydrogen-bond acceptors (Lipinski definition) is 3. The normalized spacial score (nSPS) is 11.9. The van der Waals surface area contributed by atoms with E-state index in [2.05, 4.69) is 5.32 Å². The van der Waals surface area contributed by atoms with Gasteiger partial charge < -0.3 is 16.2 Å². The number of nitrogens with one attached hydrogen (secondary N) is 1. The average Bonchev–Trinajstić information content (AvgIpc) is 2.26. The predicted molar refractivity (Wildman–Crippen MR) is 69.3 cm³/mol. The number of hydrogen-bond donors (Lipinski definition) is 3. The van der Waals surface area contributed by atoms with Gasteiger partial charge in [-0.15, -0.1) is 0 Å². The van der Waals surface area contributed by atoms with Crippen LogP contribution in [0.15, 0.2) is 24.3 Å². The van der Waals surface area contributed by atoms with E-state index in [0.29, 0.717) is 24.1 Å². The quantitative estimate of drug-likeness (QED) is 0.711. The summed E-state index contributed by atoms with van der Waals surface area (Å²) in [5.41, 5.74) is 6.84. The molecule has 1 amide bonds. The van der Waals surface area contributed by atoms with Gasteiger partial charge in [-0.25, -0.2) is 0 Å². The van der Waals surface area contributed by atoms with Crippen LogP contribution in [0.2, 0.25) is 0 Å². The van der Waals surface area contributed by atoms with Crippen LogP contribution in [-0.2, 0) is 16.0 Å². The Morgan fingerprint density at radius 3 is 2.78 bits per heavy atom. The lowest BCUT2D eigenvalue weighted by molar-refractivity contribution is -0.136. The average molecular weight is 250 g/mol. The molecule has 0 heterocycles. The van der Waals surface area contributed by atoms with E-state index in [1.165, 1.54) is 0 Å². The van der Waals surface area contributed by atoms with Crippen molar-refractivity contribution in [2.24, 2.45) is 5.73 Å². The van der Waals surface area contributed by atoms with Gasteiger partial charge in [-0.05, 0) is 31.0 Å². The zero-order valence-electron chi connectivity index (χ0n) is 10.3. The van der Waals surface area contributed by atoms with Crippen molar-refractivity contribution in [2.45, 2.75) is 32.2 Å². The molecule has 18 heavy (non-hydrogen) atoms. The SMILES string of the molecule is CC(N)CCC(=O)Nc1cccc(CC(=O)O)c1. The fourth-order valence-electron chi connectivity index (χ4n) is 1.52. The molecule has 5 nitrogen and oxygen atoms in total. The third-order valence-electron chi connectivity index (χ3n) is 2.39. The molecule has 0 saturated carbocycles. The highest BCUT2D eigenvalue weighted by Crippen LogP contribution is 2.12. The fraction of sp³-hybridized carbons (Fsp3) is 0.385. The zero-order valence-corrected chi connectivity index (χ0v) is 10.3. The molecule has 98 valence electrons. The highest BCUT2D eigenvalue weighted by atomic mass is 16.4. The Morgan fingerprint density at radius 2 is 2.17 bits per heavy atom. The van der Waals surface area contributed by atoms with Gasteiger partial charge in [-0.2, -0.15) is 0 Å². The van der Waals surface area contributed by atoms with Gasteiger partial charge in [0.05, 0.1) is 6.42 Å². The Kier molecular flexibility index (Phi) is 5.32. The molecule has 1 rings (SSSR count). The van der Waals surface area contributed by atoms with Crippen LogP contribution >= 0.6 is 0 Å². The van der Waals surface area contributed by atoms with Gasteiger partial charge >= 0.3 is 5.97 Å². The van der Waals surface area contributed by atoms with Crippen molar-refractivity contribution in [3.8, 4) is 0 Å². The van der Waals surface area contributed by atoms with Crippen molar-refractivity contribution in [3.05, 3.63) is 29.8 Å². The minimum atomic E-state index is -0.893. The van der Waals surface area contributed by atoms with Gasteiger partial charge in [-0.1, -0.05) is 12.1 Å². The number of carboxylic acid groups (broad SMARTS) is 1. The topological polar surface area (TPSA) is 92.4 Å². The van der Waals surface area contributed by atoms with Crippen LogP contribution in [0.1, 0.15) is 25.3 Å². The molecule has 1 aromatic rings. The third kappa shape index (κ3) is 5.45. The lowest BCUT2D eigenvalue weighted by Crippen LogP contribution is -2.19. The second-order valence-corrected chi connectivity index (χ2v) is 4.34. The van der Waals surface area contributed by atoms with Gasteiger partial charge in [0.2, 0.25) is 5.91 Å². The summed E-state index contributed by atoms with van der Waals surface area (Å²) in [7, 11) is 0. The fourth-order valence-corrected chi connectivity index (χ4v) is 1.52. The van der Waals surface area contributed by atoms with Crippen molar-refractivity contribution >= 4 is 17.6 Å². The van der Waals surface area contributed by atoms with Crippen molar-refractivity contribution < 1.29 is 14.7 Å². The Morgan fingerprint density at radius 1 is 1.44 bits per heavy atom. The molecule has 1 atom stereocenters. The molecule has 0 spiro atoms. The van der Waals surface area contributed by atoms with Gasteiger partial charge in [0.1, 0.15) is 0 Å². The largest absolute Gasteiger partial charge is 0.481 e. The highest BCUT2D eigenvalue weighted by Gasteiger charge is 2.06. The summed E-state index contributed by atoms with van der Waals surface area (Å²) in [6.45, 7) is 1.85. The molecule has 0 saturated heterocycles. The van der Waals surface area contributed by atoms with Crippen molar-refractivity contribution in [1.29, 1.82) is 0 Å². The lowest BCUT2D eigenvalue weighted by Gasteiger charge is -2.08. The zero-order chi connectivity index (χ0) is 13.5. The Bertz CT molecular complexity index is 430. The van der Waals surface area contributed by atoms with E-state index < -0.39 is 5.97 Å². The van der Waals surface area contributed by atoms with Crippen LogP contribution in [0, 0.1) is 0 Å². The van der Waals surface area contributed by atoms with Crippen LogP contribution in [-0.4, -0.2) is 23.0 Å². The van der Waals surface area contributed by atoms with Crippen molar-refractivity contribution in [1.82, 2.24) is 0 Å². The highest BCUT2D eigenvalue weighted by molar-refractivity contribution is 5.90. The maximum Gasteiger partial charge on any atom is 0.307 e. The van der Waals surface area contributed by atoms with E-state index in [1.54, 1.807) is 24.3 Å². The minimum absolute atomic E-state index is 0.00547. The predicted octanol–water partition coefficient (Wildman–Crippen LogP) is 1.38. The number of aliphatic carboxylic acids is 1. The summed E-state index contributed by atoms with van der Waals surface area (Å²) in [5.74, 6) is -1.00. The van der Waals surface area contributed by atoms with Gasteiger partial charge in [0.25, 0.3) is 0 Å². The second-order valence-electron chi connectivity index (χ2n) is 4.34. The molecule has 0 bridgehead atoms. The van der Waals surface area contributed by atoms with E-state index in [9.17, 15) is 9.59 Å². The van der Waals surface area contributed by atoms with Crippen LogP contribution in [0.25, 0.3) is 0 Å². The van der Waals surface area contributed by atoms with Crippen LogP contribution in [0.4, 0.5) is 5.69 Å². The number of rotatable bonds is 6. The smallest absolute Gasteiger partial charge is 0.307 e. The maximum atomic E-state index is 11.6. The molecular formula is C13H18N2O3. The van der Waals surface area contributed by atoms with Gasteiger partial charge in [-0.3, -0.25) is 9.59 Å². The number of amides is 1. The Balaban J connectivity index is 2.56. The van der Waals surface area contributed by atoms with Crippen molar-refractivity contribution in [3.63, 3.8) is 0 Å². The van der Waals surface area contributed by atoms with Gasteiger partial charge in [0.15, 0.2) is 0 Å². The molecule has 0 radical (unpaired) electrons. The van der Waals surface area contributed by atoms with E-state index in [-0.39, 0.29) is 18.4 Å². The van der Waals surface area contributed by atoms with Crippen LogP contribution < -0.4 is 11.1 Å². The number of nitrogens with two attached hydrogens (primary N) is 1. The number of carbonyl (C=O) groups is 2. The van der Waals surface area contributed by atoms with Gasteiger partial charge in [0, 0.05) is 18.2 Å². The molecular weight excluding hydrogens is 232 g/mol. The summed E-state index contributed by atoms with van der Waals surface area (Å²) in [6, 6.07) is 6.83. The summed E-state index contributed by atoms with van der Waals surface area (Å²) in [6.07, 6.45) is 0.936. The van der Waals surface area contributed by atoms with E-state index in [0.717, 1.165) is 0 Å². The first-order valence-corrected chi connectivity index (χ1v) is 5.83. The van der Waals surface area contributed by atoms with Crippen LogP contribution in [0.3, 0.4) is 0 Å². The monoisotopic (exact) mass is 250 g/mol. The molecule has 0 aliphatic carbocycles. The minimum Gasteiger partial charge on any atom is -0.481 e. The first kappa shape index (κ1) is 14.2. The molecule has 5 heteroatoms.